The Morgan fingerprint density at radius 3 is 3.06 bits per heavy atom. The summed E-state index contributed by atoms with van der Waals surface area (Å²) < 4.78 is 1.98. The molecule has 3 heteroatoms. The van der Waals surface area contributed by atoms with Crippen LogP contribution in [0.3, 0.4) is 0 Å². The third kappa shape index (κ3) is 2.23. The summed E-state index contributed by atoms with van der Waals surface area (Å²) in [5.74, 6) is 3.60. The van der Waals surface area contributed by atoms with Gasteiger partial charge in [-0.1, -0.05) is 12.0 Å². The summed E-state index contributed by atoms with van der Waals surface area (Å²) >= 11 is 0. The molecule has 0 aliphatic heterocycles. The molecule has 16 heavy (non-hydrogen) atoms. The minimum absolute atomic E-state index is 0.692. The van der Waals surface area contributed by atoms with E-state index in [-0.39, 0.29) is 0 Å². The van der Waals surface area contributed by atoms with E-state index in [1.807, 2.05) is 42.1 Å². The molecule has 1 aromatic heterocycles. The van der Waals surface area contributed by atoms with Gasteiger partial charge >= 0.3 is 0 Å². The Balaban J connectivity index is 2.05. The Morgan fingerprint density at radius 2 is 2.38 bits per heavy atom. The minimum atomic E-state index is 0.692. The molecule has 0 fully saturated rings. The standard InChI is InChI=1S/C13H13N3/c1-3-11-5-4-6-12(9-11)15-10-13-14-7-8-16(13)2/h1,4-9,15H,10H2,2H3. The van der Waals surface area contributed by atoms with E-state index in [2.05, 4.69) is 16.2 Å². The lowest BCUT2D eigenvalue weighted by Gasteiger charge is -2.06. The molecule has 2 rings (SSSR count). The molecule has 3 nitrogen and oxygen atoms in total. The average Bonchev–Trinajstić information content (AvgIpc) is 2.72. The lowest BCUT2D eigenvalue weighted by Crippen LogP contribution is -2.05. The number of benzene rings is 1. The van der Waals surface area contributed by atoms with Gasteiger partial charge in [0.05, 0.1) is 6.54 Å². The zero-order valence-electron chi connectivity index (χ0n) is 9.14. The number of rotatable bonds is 3. The van der Waals surface area contributed by atoms with Crippen molar-refractivity contribution in [2.45, 2.75) is 6.54 Å². The normalized spacial score (nSPS) is 9.75. The highest BCUT2D eigenvalue weighted by atomic mass is 15.1. The molecular weight excluding hydrogens is 198 g/mol. The predicted molar refractivity (Wildman–Crippen MR) is 64.9 cm³/mol. The van der Waals surface area contributed by atoms with Crippen molar-refractivity contribution in [3.8, 4) is 12.3 Å². The second-order valence-corrected chi connectivity index (χ2v) is 3.53. The van der Waals surface area contributed by atoms with Crippen molar-refractivity contribution in [3.05, 3.63) is 48.0 Å². The summed E-state index contributed by atoms with van der Waals surface area (Å²) in [6.07, 6.45) is 9.05. The number of aryl methyl sites for hydroxylation is 1. The van der Waals surface area contributed by atoms with Crippen LogP contribution < -0.4 is 5.32 Å². The third-order valence-corrected chi connectivity index (χ3v) is 2.40. The molecule has 0 saturated carbocycles. The first-order valence-corrected chi connectivity index (χ1v) is 5.06. The van der Waals surface area contributed by atoms with Gasteiger partial charge in [0.25, 0.3) is 0 Å². The van der Waals surface area contributed by atoms with Crippen LogP contribution in [-0.2, 0) is 13.6 Å². The molecule has 0 saturated heterocycles. The summed E-state index contributed by atoms with van der Waals surface area (Å²) in [4.78, 5) is 4.23. The van der Waals surface area contributed by atoms with Crippen LogP contribution in [0.5, 0.6) is 0 Å². The number of imidazole rings is 1. The largest absolute Gasteiger partial charge is 0.378 e. The van der Waals surface area contributed by atoms with Gasteiger partial charge in [-0.15, -0.1) is 6.42 Å². The maximum absolute atomic E-state index is 5.34. The Labute approximate surface area is 95.1 Å². The van der Waals surface area contributed by atoms with Gasteiger partial charge in [-0.05, 0) is 18.2 Å². The summed E-state index contributed by atoms with van der Waals surface area (Å²) in [6.45, 7) is 0.692. The molecular formula is C13H13N3. The highest BCUT2D eigenvalue weighted by Crippen LogP contribution is 2.10. The Kier molecular flexibility index (Phi) is 2.93. The molecule has 0 radical (unpaired) electrons. The predicted octanol–water partition coefficient (Wildman–Crippen LogP) is 2.01. The molecule has 0 unspecified atom stereocenters. The molecule has 0 aliphatic rings. The average molecular weight is 211 g/mol. The maximum atomic E-state index is 5.34. The van der Waals surface area contributed by atoms with Crippen molar-refractivity contribution in [2.75, 3.05) is 5.32 Å². The fourth-order valence-corrected chi connectivity index (χ4v) is 1.47. The van der Waals surface area contributed by atoms with Crippen LogP contribution in [0, 0.1) is 12.3 Å². The van der Waals surface area contributed by atoms with E-state index in [0.29, 0.717) is 6.54 Å². The van der Waals surface area contributed by atoms with Gasteiger partial charge in [0.15, 0.2) is 0 Å². The first kappa shape index (κ1) is 10.3. The van der Waals surface area contributed by atoms with E-state index in [4.69, 9.17) is 6.42 Å². The van der Waals surface area contributed by atoms with Crippen LogP contribution in [-0.4, -0.2) is 9.55 Å². The topological polar surface area (TPSA) is 29.9 Å². The molecule has 0 atom stereocenters. The van der Waals surface area contributed by atoms with E-state index >= 15 is 0 Å². The minimum Gasteiger partial charge on any atom is -0.378 e. The van der Waals surface area contributed by atoms with Crippen molar-refractivity contribution in [3.63, 3.8) is 0 Å². The van der Waals surface area contributed by atoms with Crippen LogP contribution in [0.4, 0.5) is 5.69 Å². The number of nitrogens with one attached hydrogen (secondary N) is 1. The van der Waals surface area contributed by atoms with Gasteiger partial charge < -0.3 is 9.88 Å². The van der Waals surface area contributed by atoms with Gasteiger partial charge in [-0.25, -0.2) is 4.98 Å². The first-order chi connectivity index (χ1) is 7.79. The molecule has 0 spiro atoms. The van der Waals surface area contributed by atoms with E-state index in [9.17, 15) is 0 Å². The molecule has 1 aromatic carbocycles. The smallest absolute Gasteiger partial charge is 0.127 e. The van der Waals surface area contributed by atoms with Crippen molar-refractivity contribution in [2.24, 2.45) is 7.05 Å². The van der Waals surface area contributed by atoms with Gasteiger partial charge in [0.1, 0.15) is 5.82 Å². The highest BCUT2D eigenvalue weighted by molar-refractivity contribution is 5.49. The highest BCUT2D eigenvalue weighted by Gasteiger charge is 1.98. The Hall–Kier alpha value is -2.21. The molecule has 2 aromatic rings. The van der Waals surface area contributed by atoms with Gasteiger partial charge in [-0.3, -0.25) is 0 Å². The van der Waals surface area contributed by atoms with Crippen LogP contribution >= 0.6 is 0 Å². The van der Waals surface area contributed by atoms with Gasteiger partial charge in [-0.2, -0.15) is 0 Å². The van der Waals surface area contributed by atoms with Crippen molar-refractivity contribution >= 4 is 5.69 Å². The van der Waals surface area contributed by atoms with Crippen molar-refractivity contribution in [1.29, 1.82) is 0 Å². The number of hydrogen-bond donors (Lipinski definition) is 1. The number of aromatic nitrogens is 2. The number of terminal acetylenes is 1. The molecule has 1 N–H and O–H groups in total. The van der Waals surface area contributed by atoms with E-state index < -0.39 is 0 Å². The SMILES string of the molecule is C#Cc1cccc(NCc2nccn2C)c1. The van der Waals surface area contributed by atoms with Crippen LogP contribution in [0.2, 0.25) is 0 Å². The van der Waals surface area contributed by atoms with Crippen molar-refractivity contribution < 1.29 is 0 Å². The Bertz CT molecular complexity index is 520. The fourth-order valence-electron chi connectivity index (χ4n) is 1.47. The second-order valence-electron chi connectivity index (χ2n) is 3.53. The third-order valence-electron chi connectivity index (χ3n) is 2.40. The number of nitrogens with zero attached hydrogens (tertiary/aromatic N) is 2. The van der Waals surface area contributed by atoms with Crippen molar-refractivity contribution in [1.82, 2.24) is 9.55 Å². The number of hydrogen-bond acceptors (Lipinski definition) is 2. The lowest BCUT2D eigenvalue weighted by atomic mass is 10.2. The molecule has 0 bridgehead atoms. The van der Waals surface area contributed by atoms with Gasteiger partial charge in [0, 0.05) is 30.7 Å². The van der Waals surface area contributed by atoms with Gasteiger partial charge in [0.2, 0.25) is 0 Å². The van der Waals surface area contributed by atoms with E-state index in [0.717, 1.165) is 17.1 Å². The van der Waals surface area contributed by atoms with E-state index in [1.54, 1.807) is 6.20 Å². The fraction of sp³-hybridized carbons (Fsp3) is 0.154. The molecule has 0 amide bonds. The summed E-state index contributed by atoms with van der Waals surface area (Å²) in [5.41, 5.74) is 1.89. The van der Waals surface area contributed by atoms with Crippen LogP contribution in [0.15, 0.2) is 36.7 Å². The first-order valence-electron chi connectivity index (χ1n) is 5.06. The monoisotopic (exact) mass is 211 g/mol. The molecule has 80 valence electrons. The molecule has 0 aliphatic carbocycles. The second kappa shape index (κ2) is 4.54. The maximum Gasteiger partial charge on any atom is 0.127 e. The lowest BCUT2D eigenvalue weighted by molar-refractivity contribution is 0.813. The summed E-state index contributed by atoms with van der Waals surface area (Å²) in [5, 5.41) is 3.28. The van der Waals surface area contributed by atoms with Crippen LogP contribution in [0.25, 0.3) is 0 Å². The van der Waals surface area contributed by atoms with Crippen LogP contribution in [0.1, 0.15) is 11.4 Å². The zero-order valence-corrected chi connectivity index (χ0v) is 9.14. The zero-order chi connectivity index (χ0) is 11.4. The quantitative estimate of drug-likeness (QED) is 0.787. The summed E-state index contributed by atoms with van der Waals surface area (Å²) in [6, 6.07) is 7.79. The number of anilines is 1. The Morgan fingerprint density at radius 1 is 1.50 bits per heavy atom. The summed E-state index contributed by atoms with van der Waals surface area (Å²) in [7, 11) is 1.97. The molecule has 1 heterocycles. The van der Waals surface area contributed by atoms with E-state index in [1.165, 1.54) is 0 Å².